The zero-order valence-electron chi connectivity index (χ0n) is 19.8. The number of pyridine rings is 1. The molecule has 194 valence electrons. The van der Waals surface area contributed by atoms with E-state index in [2.05, 4.69) is 4.98 Å². The molecule has 4 rings (SSSR count). The fraction of sp³-hybridized carbons (Fsp3) is 0.231. The van der Waals surface area contributed by atoms with Crippen LogP contribution in [0.15, 0.2) is 54.6 Å². The molecule has 4 nitrogen and oxygen atoms in total. The van der Waals surface area contributed by atoms with Gasteiger partial charge in [-0.3, -0.25) is 0 Å². The van der Waals surface area contributed by atoms with Gasteiger partial charge >= 0.3 is 41.9 Å². The third-order valence-corrected chi connectivity index (χ3v) is 6.18. The van der Waals surface area contributed by atoms with Gasteiger partial charge in [0.05, 0.1) is 27.8 Å². The van der Waals surface area contributed by atoms with Crippen molar-refractivity contribution in [3.63, 3.8) is 0 Å². The van der Waals surface area contributed by atoms with Crippen molar-refractivity contribution in [1.29, 1.82) is 0 Å². The molecular weight excluding hydrogens is 547 g/mol. The average Bonchev–Trinajstić information content (AvgIpc) is 3.31. The molecule has 1 aromatic heterocycles. The maximum Gasteiger partial charge on any atom is 1.00 e. The Bertz CT molecular complexity index is 1370. The molecule has 1 aliphatic rings. The van der Waals surface area contributed by atoms with Crippen LogP contribution in [-0.4, -0.2) is 11.0 Å². The quantitative estimate of drug-likeness (QED) is 0.338. The number of aromatic nitrogens is 1. The standard InChI is InChI=1S/C26H18ClF6NO3.Na/c27-20-9-10-21(34-23(20)24(35)36)18-3-1-2-17(18)19-12-16(26(31,32)33)8-11-22(19)37-13-14-4-6-15(7-5-14)25(28,29)30;/h4-12H,1-3,13H2,(H,35,36);/q;+1/p-1. The van der Waals surface area contributed by atoms with Gasteiger partial charge in [0.25, 0.3) is 0 Å². The minimum atomic E-state index is -4.64. The van der Waals surface area contributed by atoms with Crippen molar-refractivity contribution >= 4 is 28.7 Å². The van der Waals surface area contributed by atoms with Gasteiger partial charge in [0.15, 0.2) is 0 Å². The minimum absolute atomic E-state index is 0. The summed E-state index contributed by atoms with van der Waals surface area (Å²) in [5, 5.41) is 11.2. The molecule has 38 heavy (non-hydrogen) atoms. The predicted molar refractivity (Wildman–Crippen MR) is 121 cm³/mol. The number of hydrogen-bond donors (Lipinski definition) is 0. The number of carbonyl (C=O) groups excluding carboxylic acids is 1. The van der Waals surface area contributed by atoms with Gasteiger partial charge in [0, 0.05) is 5.56 Å². The van der Waals surface area contributed by atoms with Crippen molar-refractivity contribution in [1.82, 2.24) is 4.98 Å². The second-order valence-corrected chi connectivity index (χ2v) is 8.72. The van der Waals surface area contributed by atoms with Crippen LogP contribution < -0.4 is 39.4 Å². The number of carbonyl (C=O) groups is 1. The molecule has 0 atom stereocenters. The van der Waals surface area contributed by atoms with E-state index in [0.717, 1.165) is 30.3 Å². The summed E-state index contributed by atoms with van der Waals surface area (Å²) < 4.78 is 84.8. The Morgan fingerprint density at radius 1 is 0.895 bits per heavy atom. The Morgan fingerprint density at radius 3 is 2.11 bits per heavy atom. The summed E-state index contributed by atoms with van der Waals surface area (Å²) in [5.41, 5.74) is -0.437. The Morgan fingerprint density at radius 2 is 1.50 bits per heavy atom. The van der Waals surface area contributed by atoms with Gasteiger partial charge in [-0.25, -0.2) is 4.98 Å². The summed E-state index contributed by atoms with van der Waals surface area (Å²) >= 11 is 5.87. The van der Waals surface area contributed by atoms with Crippen molar-refractivity contribution in [2.24, 2.45) is 0 Å². The summed E-state index contributed by atoms with van der Waals surface area (Å²) in [6.45, 7) is -0.187. The molecule has 0 aliphatic heterocycles. The van der Waals surface area contributed by atoms with Gasteiger partial charge < -0.3 is 14.6 Å². The largest absolute Gasteiger partial charge is 1.00 e. The Balaban J connectivity index is 0.00000400. The molecule has 1 aliphatic carbocycles. The molecule has 1 heterocycles. The molecule has 0 amide bonds. The first-order valence-corrected chi connectivity index (χ1v) is 11.3. The first-order chi connectivity index (χ1) is 17.3. The predicted octanol–water partition coefficient (Wildman–Crippen LogP) is 3.81. The molecular formula is C26H17ClF6NNaO3. The second kappa shape index (κ2) is 11.7. The number of carboxylic acid groups (broad SMARTS) is 1. The number of rotatable bonds is 6. The van der Waals surface area contributed by atoms with Crippen molar-refractivity contribution < 1.29 is 70.5 Å². The fourth-order valence-electron chi connectivity index (χ4n) is 4.10. The van der Waals surface area contributed by atoms with Gasteiger partial charge in [-0.2, -0.15) is 26.3 Å². The van der Waals surface area contributed by atoms with Crippen molar-refractivity contribution in [3.05, 3.63) is 93.3 Å². The number of hydrogen-bond acceptors (Lipinski definition) is 4. The number of aromatic carboxylic acids is 1. The summed E-state index contributed by atoms with van der Waals surface area (Å²) in [6, 6.07) is 10.0. The Hall–Kier alpha value is -2.53. The molecule has 0 radical (unpaired) electrons. The van der Waals surface area contributed by atoms with Crippen LogP contribution >= 0.6 is 11.6 Å². The van der Waals surface area contributed by atoms with E-state index in [4.69, 9.17) is 16.3 Å². The van der Waals surface area contributed by atoms with Gasteiger partial charge in [-0.05, 0) is 78.4 Å². The maximum absolute atomic E-state index is 13.5. The molecule has 0 saturated carbocycles. The van der Waals surface area contributed by atoms with E-state index in [0.29, 0.717) is 36.0 Å². The molecule has 3 aromatic rings. The molecule has 0 N–H and O–H groups in total. The Labute approximate surface area is 240 Å². The number of alkyl halides is 6. The maximum atomic E-state index is 13.5. The van der Waals surface area contributed by atoms with Gasteiger partial charge in [0.2, 0.25) is 0 Å². The molecule has 0 unspecified atom stereocenters. The summed E-state index contributed by atoms with van der Waals surface area (Å²) in [7, 11) is 0. The van der Waals surface area contributed by atoms with E-state index in [-0.39, 0.29) is 58.2 Å². The Kier molecular flexibility index (Phi) is 9.24. The van der Waals surface area contributed by atoms with Crippen LogP contribution in [0.5, 0.6) is 5.75 Å². The second-order valence-electron chi connectivity index (χ2n) is 8.32. The number of nitrogens with zero attached hydrogens (tertiary/aromatic N) is 1. The topological polar surface area (TPSA) is 62.2 Å². The number of benzene rings is 2. The van der Waals surface area contributed by atoms with E-state index < -0.39 is 35.1 Å². The molecule has 0 fully saturated rings. The van der Waals surface area contributed by atoms with E-state index in [9.17, 15) is 36.2 Å². The van der Waals surface area contributed by atoms with Crippen LogP contribution in [0, 0.1) is 0 Å². The van der Waals surface area contributed by atoms with Crippen LogP contribution in [0.2, 0.25) is 5.02 Å². The molecule has 12 heteroatoms. The van der Waals surface area contributed by atoms with Gasteiger partial charge in [-0.15, -0.1) is 0 Å². The van der Waals surface area contributed by atoms with Crippen LogP contribution in [0.25, 0.3) is 11.1 Å². The van der Waals surface area contributed by atoms with Crippen LogP contribution in [0.4, 0.5) is 26.3 Å². The van der Waals surface area contributed by atoms with E-state index in [1.165, 1.54) is 24.3 Å². The van der Waals surface area contributed by atoms with Gasteiger partial charge in [0.1, 0.15) is 18.1 Å². The first-order valence-electron chi connectivity index (χ1n) is 11.0. The molecule has 0 saturated heterocycles. The SMILES string of the molecule is O=C([O-])c1nc(C2=C(c3cc(C(F)(F)F)ccc3OCc3ccc(C(F)(F)F)cc3)CCC2)ccc1Cl.[Na+]. The molecule has 2 aromatic carbocycles. The number of ether oxygens (including phenoxy) is 1. The average molecular weight is 564 g/mol. The third-order valence-electron chi connectivity index (χ3n) is 5.87. The van der Waals surface area contributed by atoms with Crippen LogP contribution in [0.1, 0.15) is 57.7 Å². The normalized spacial score (nSPS) is 13.9. The monoisotopic (exact) mass is 563 g/mol. The fourth-order valence-corrected chi connectivity index (χ4v) is 4.28. The number of halogens is 7. The number of carboxylic acids is 1. The minimum Gasteiger partial charge on any atom is -0.543 e. The molecule has 0 bridgehead atoms. The third kappa shape index (κ3) is 6.72. The van der Waals surface area contributed by atoms with Crippen molar-refractivity contribution in [2.75, 3.05) is 0 Å². The smallest absolute Gasteiger partial charge is 0.543 e. The number of allylic oxidation sites excluding steroid dienone is 2. The summed E-state index contributed by atoms with van der Waals surface area (Å²) in [5.74, 6) is -1.50. The van der Waals surface area contributed by atoms with Crippen molar-refractivity contribution in [3.8, 4) is 5.75 Å². The zero-order chi connectivity index (χ0) is 27.0. The first kappa shape index (κ1) is 30.0. The summed E-state index contributed by atoms with van der Waals surface area (Å²) in [4.78, 5) is 15.4. The van der Waals surface area contributed by atoms with E-state index in [1.807, 2.05) is 0 Å². The van der Waals surface area contributed by atoms with E-state index >= 15 is 0 Å². The van der Waals surface area contributed by atoms with Crippen LogP contribution in [-0.2, 0) is 19.0 Å². The van der Waals surface area contributed by atoms with E-state index in [1.54, 1.807) is 0 Å². The zero-order valence-corrected chi connectivity index (χ0v) is 22.6. The molecule has 0 spiro atoms. The van der Waals surface area contributed by atoms with Gasteiger partial charge in [-0.1, -0.05) is 23.7 Å². The van der Waals surface area contributed by atoms with Crippen LogP contribution in [0.3, 0.4) is 0 Å². The van der Waals surface area contributed by atoms with Crippen molar-refractivity contribution in [2.45, 2.75) is 38.2 Å². The summed E-state index contributed by atoms with van der Waals surface area (Å²) in [6.07, 6.45) is -7.77.